The molecule has 14 heavy (non-hydrogen) atoms. The molecule has 1 amide bonds. The van der Waals surface area contributed by atoms with Crippen LogP contribution in [0.25, 0.3) is 0 Å². The smallest absolute Gasteiger partial charge is 0.321 e. The molecule has 1 aliphatic heterocycles. The molecular weight excluding hydrogens is 209 g/mol. The van der Waals surface area contributed by atoms with Crippen molar-refractivity contribution in [3.63, 3.8) is 0 Å². The van der Waals surface area contributed by atoms with Crippen LogP contribution in [0.5, 0.6) is 0 Å². The Hall–Kier alpha value is -1.42. The van der Waals surface area contributed by atoms with E-state index in [2.05, 4.69) is 5.32 Å². The lowest BCUT2D eigenvalue weighted by Crippen LogP contribution is -2.45. The summed E-state index contributed by atoms with van der Waals surface area (Å²) in [5.74, 6) is -2.15. The fourth-order valence-corrected chi connectivity index (χ4v) is 1.41. The molecule has 1 aromatic carbocycles. The second-order valence-corrected chi connectivity index (χ2v) is 3.42. The molecule has 1 heterocycles. The Morgan fingerprint density at radius 3 is 2.64 bits per heavy atom. The molecule has 1 aliphatic rings. The van der Waals surface area contributed by atoms with Crippen LogP contribution in [0.15, 0.2) is 24.3 Å². The highest BCUT2D eigenvalue weighted by Crippen LogP contribution is 2.32. The third kappa shape index (κ3) is 1.11. The van der Waals surface area contributed by atoms with Gasteiger partial charge in [-0.3, -0.25) is 9.59 Å². The van der Waals surface area contributed by atoms with E-state index in [4.69, 9.17) is 11.6 Å². The molecule has 0 saturated heterocycles. The lowest BCUT2D eigenvalue weighted by Gasteiger charge is -2.23. The zero-order valence-electron chi connectivity index (χ0n) is 6.88. The number of halogens is 2. The number of nitrogens with one attached hydrogen (secondary N) is 1. The quantitative estimate of drug-likeness (QED) is 0.527. The number of fused-ring (bicyclic) bond motifs is 1. The topological polar surface area (TPSA) is 46.2 Å². The minimum absolute atomic E-state index is 0.0876. The van der Waals surface area contributed by atoms with Gasteiger partial charge in [0.05, 0.1) is 5.69 Å². The Morgan fingerprint density at radius 2 is 1.93 bits per heavy atom. The van der Waals surface area contributed by atoms with Crippen molar-refractivity contribution in [1.82, 2.24) is 0 Å². The van der Waals surface area contributed by atoms with Gasteiger partial charge in [0.2, 0.25) is 5.78 Å². The average Bonchev–Trinajstić information content (AvgIpc) is 2.15. The van der Waals surface area contributed by atoms with Crippen LogP contribution in [0.4, 0.5) is 10.1 Å². The highest BCUT2D eigenvalue weighted by molar-refractivity contribution is 6.50. The molecule has 0 radical (unpaired) electrons. The van der Waals surface area contributed by atoms with Crippen molar-refractivity contribution >= 4 is 29.0 Å². The van der Waals surface area contributed by atoms with Crippen molar-refractivity contribution in [3.8, 4) is 0 Å². The number of carbonyl (C=O) groups is 2. The van der Waals surface area contributed by atoms with Crippen molar-refractivity contribution in [2.75, 3.05) is 5.32 Å². The van der Waals surface area contributed by atoms with Crippen LogP contribution in [0.1, 0.15) is 10.4 Å². The molecule has 0 aromatic heterocycles. The fraction of sp³-hybridized carbons (Fsp3) is 0.111. The van der Waals surface area contributed by atoms with Gasteiger partial charge >= 0.3 is 5.13 Å². The molecule has 2 rings (SSSR count). The first kappa shape index (κ1) is 9.15. The summed E-state index contributed by atoms with van der Waals surface area (Å²) in [4.78, 5) is 22.4. The van der Waals surface area contributed by atoms with Crippen molar-refractivity contribution in [2.24, 2.45) is 0 Å². The molecule has 0 spiro atoms. The lowest BCUT2D eigenvalue weighted by molar-refractivity contribution is -0.121. The highest BCUT2D eigenvalue weighted by Gasteiger charge is 2.49. The van der Waals surface area contributed by atoms with Crippen molar-refractivity contribution in [3.05, 3.63) is 29.8 Å². The predicted molar refractivity (Wildman–Crippen MR) is 49.1 cm³/mol. The standard InChI is InChI=1S/C9H5ClFNO2/c10-9(11)7(13)5-3-1-2-4-6(5)12-8(9)14/h1-4H,(H,12,14)/t9-/m1/s1. The number of carbonyl (C=O) groups excluding carboxylic acids is 2. The summed E-state index contributed by atoms with van der Waals surface area (Å²) in [5, 5.41) is -0.764. The van der Waals surface area contributed by atoms with E-state index in [1.54, 1.807) is 12.1 Å². The molecule has 5 heteroatoms. The second kappa shape index (κ2) is 2.78. The third-order valence-corrected chi connectivity index (χ3v) is 2.33. The number of alkyl halides is 2. The summed E-state index contributed by atoms with van der Waals surface area (Å²) >= 11 is 5.17. The van der Waals surface area contributed by atoms with Crippen LogP contribution < -0.4 is 5.32 Å². The van der Waals surface area contributed by atoms with E-state index in [9.17, 15) is 14.0 Å². The predicted octanol–water partition coefficient (Wildman–Crippen LogP) is 1.73. The second-order valence-electron chi connectivity index (χ2n) is 2.90. The van der Waals surface area contributed by atoms with Crippen LogP contribution in [-0.2, 0) is 4.79 Å². The van der Waals surface area contributed by atoms with Gasteiger partial charge in [-0.05, 0) is 12.1 Å². The SMILES string of the molecule is O=C1Nc2ccccc2C(=O)[C@]1(F)Cl. The van der Waals surface area contributed by atoms with Crippen LogP contribution >= 0.6 is 11.6 Å². The first-order valence-electron chi connectivity index (χ1n) is 3.86. The van der Waals surface area contributed by atoms with Gasteiger partial charge in [-0.1, -0.05) is 23.7 Å². The number of Topliss-reactive ketones (excluding diaryl/α,β-unsaturated/α-hetero) is 1. The number of para-hydroxylation sites is 1. The first-order chi connectivity index (χ1) is 6.53. The summed E-state index contributed by atoms with van der Waals surface area (Å²) in [6, 6.07) is 6.12. The van der Waals surface area contributed by atoms with Crippen molar-refractivity contribution < 1.29 is 14.0 Å². The van der Waals surface area contributed by atoms with Gasteiger partial charge in [0.15, 0.2) is 0 Å². The largest absolute Gasteiger partial charge is 0.323 e. The number of ketones is 1. The lowest BCUT2D eigenvalue weighted by atomic mass is 10.00. The number of hydrogen-bond donors (Lipinski definition) is 1. The van der Waals surface area contributed by atoms with E-state index >= 15 is 0 Å². The molecule has 1 aromatic rings. The van der Waals surface area contributed by atoms with Gasteiger partial charge in [0.25, 0.3) is 5.91 Å². The number of hydrogen-bond acceptors (Lipinski definition) is 2. The maximum atomic E-state index is 13.3. The minimum atomic E-state index is -2.98. The monoisotopic (exact) mass is 213 g/mol. The van der Waals surface area contributed by atoms with Gasteiger partial charge in [-0.25, -0.2) is 4.39 Å². The van der Waals surface area contributed by atoms with E-state index in [1.807, 2.05) is 0 Å². The summed E-state index contributed by atoms with van der Waals surface area (Å²) in [6.45, 7) is 0. The number of rotatable bonds is 0. The van der Waals surface area contributed by atoms with Gasteiger partial charge in [-0.2, -0.15) is 0 Å². The summed E-state index contributed by atoms with van der Waals surface area (Å²) in [7, 11) is 0. The third-order valence-electron chi connectivity index (χ3n) is 1.99. The highest BCUT2D eigenvalue weighted by atomic mass is 35.5. The van der Waals surface area contributed by atoms with Crippen LogP contribution in [0.3, 0.4) is 0 Å². The van der Waals surface area contributed by atoms with Crippen molar-refractivity contribution in [2.45, 2.75) is 5.13 Å². The molecule has 1 N–H and O–H groups in total. The van der Waals surface area contributed by atoms with Crippen molar-refractivity contribution in [1.29, 1.82) is 0 Å². The first-order valence-corrected chi connectivity index (χ1v) is 4.24. The summed E-state index contributed by atoms with van der Waals surface area (Å²) < 4.78 is 13.3. The van der Waals surface area contributed by atoms with Crippen LogP contribution in [0, 0.1) is 0 Å². The van der Waals surface area contributed by atoms with Gasteiger partial charge in [0, 0.05) is 5.56 Å². The molecule has 1 atom stereocenters. The Bertz CT molecular complexity index is 431. The van der Waals surface area contributed by atoms with Gasteiger partial charge in [0.1, 0.15) is 0 Å². The Kier molecular flexibility index (Phi) is 1.82. The Labute approximate surface area is 83.9 Å². The fourth-order valence-electron chi connectivity index (χ4n) is 1.26. The van der Waals surface area contributed by atoms with E-state index < -0.39 is 16.8 Å². The maximum Gasteiger partial charge on any atom is 0.323 e. The molecular formula is C9H5ClFNO2. The van der Waals surface area contributed by atoms with Crippen LogP contribution in [0.2, 0.25) is 0 Å². The molecule has 3 nitrogen and oxygen atoms in total. The molecule has 72 valence electrons. The maximum absolute atomic E-state index is 13.3. The number of amides is 1. The number of anilines is 1. The van der Waals surface area contributed by atoms with Gasteiger partial charge < -0.3 is 5.32 Å². The number of benzene rings is 1. The molecule has 0 saturated carbocycles. The Balaban J connectivity index is 2.61. The van der Waals surface area contributed by atoms with E-state index in [0.717, 1.165) is 0 Å². The van der Waals surface area contributed by atoms with Crippen LogP contribution in [-0.4, -0.2) is 16.8 Å². The molecule has 0 fully saturated rings. The Morgan fingerprint density at radius 1 is 1.29 bits per heavy atom. The molecule has 0 unspecified atom stereocenters. The normalized spacial score (nSPS) is 25.6. The minimum Gasteiger partial charge on any atom is -0.321 e. The van der Waals surface area contributed by atoms with E-state index in [-0.39, 0.29) is 11.3 Å². The van der Waals surface area contributed by atoms with E-state index in [1.165, 1.54) is 12.1 Å². The zero-order valence-corrected chi connectivity index (χ0v) is 7.64. The zero-order chi connectivity index (χ0) is 10.3. The van der Waals surface area contributed by atoms with E-state index in [0.29, 0.717) is 0 Å². The molecule has 0 aliphatic carbocycles. The van der Waals surface area contributed by atoms with Gasteiger partial charge in [-0.15, -0.1) is 0 Å². The average molecular weight is 214 g/mol. The summed E-state index contributed by atoms with van der Waals surface area (Å²) in [5.41, 5.74) is 0.376. The molecule has 0 bridgehead atoms. The summed E-state index contributed by atoms with van der Waals surface area (Å²) in [6.07, 6.45) is 0.